The number of benzene rings is 1. The van der Waals surface area contributed by atoms with Crippen LogP contribution < -0.4 is 5.32 Å². The molecule has 2 aromatic heterocycles. The molecule has 1 saturated heterocycles. The van der Waals surface area contributed by atoms with E-state index < -0.39 is 27.8 Å². The van der Waals surface area contributed by atoms with Crippen LogP contribution in [0.5, 0.6) is 0 Å². The molecule has 4 rings (SSSR count). The predicted octanol–water partition coefficient (Wildman–Crippen LogP) is 4.17. The number of nitrogens with zero attached hydrogens (tertiary/aromatic N) is 3. The summed E-state index contributed by atoms with van der Waals surface area (Å²) >= 11 is 7.88. The number of anilines is 1. The van der Waals surface area contributed by atoms with Gasteiger partial charge in [-0.05, 0) is 37.1 Å². The number of rotatable bonds is 5. The van der Waals surface area contributed by atoms with Gasteiger partial charge in [-0.15, -0.1) is 21.5 Å². The van der Waals surface area contributed by atoms with Crippen LogP contribution in [-0.2, 0) is 10.0 Å². The average Bonchev–Trinajstić information content (AvgIpc) is 3.43. The fraction of sp³-hybridized carbons (Fsp3) is 0.235. The monoisotopic (exact) mass is 472 g/mol. The number of hydrogen-bond donors (Lipinski definition) is 1. The van der Waals surface area contributed by atoms with Crippen LogP contribution in [0.25, 0.3) is 0 Å². The second-order valence-electron chi connectivity index (χ2n) is 6.21. The quantitative estimate of drug-likeness (QED) is 0.601. The summed E-state index contributed by atoms with van der Waals surface area (Å²) in [7, 11) is -3.72. The minimum Gasteiger partial charge on any atom is -0.317 e. The summed E-state index contributed by atoms with van der Waals surface area (Å²) in [6, 6.07) is 8.30. The maximum atomic E-state index is 13.7. The van der Waals surface area contributed by atoms with E-state index in [0.29, 0.717) is 28.7 Å². The first-order valence-corrected chi connectivity index (χ1v) is 12.0. The zero-order valence-electron chi connectivity index (χ0n) is 14.7. The molecule has 1 N–H and O–H groups in total. The predicted molar refractivity (Wildman–Crippen MR) is 109 cm³/mol. The van der Waals surface area contributed by atoms with E-state index in [1.54, 1.807) is 12.1 Å². The Morgan fingerprint density at radius 1 is 1.21 bits per heavy atom. The second kappa shape index (κ2) is 8.07. The lowest BCUT2D eigenvalue weighted by atomic mass is 10.2. The van der Waals surface area contributed by atoms with Crippen LogP contribution in [0.3, 0.4) is 0 Å². The third kappa shape index (κ3) is 4.05. The zero-order chi connectivity index (χ0) is 20.6. The Morgan fingerprint density at radius 2 is 2.00 bits per heavy atom. The van der Waals surface area contributed by atoms with Crippen molar-refractivity contribution in [1.29, 1.82) is 0 Å². The summed E-state index contributed by atoms with van der Waals surface area (Å²) in [4.78, 5) is 12.4. The summed E-state index contributed by atoms with van der Waals surface area (Å²) in [5, 5.41) is 10.8. The summed E-state index contributed by atoms with van der Waals surface area (Å²) in [6.45, 7) is 0.346. The van der Waals surface area contributed by atoms with E-state index in [1.807, 2.05) is 0 Å². The van der Waals surface area contributed by atoms with E-state index in [2.05, 4.69) is 15.5 Å². The van der Waals surface area contributed by atoms with E-state index in [1.165, 1.54) is 28.6 Å². The fourth-order valence-electron chi connectivity index (χ4n) is 3.03. The van der Waals surface area contributed by atoms with Gasteiger partial charge in [0.1, 0.15) is 15.0 Å². The first-order valence-electron chi connectivity index (χ1n) is 8.53. The molecule has 1 unspecified atom stereocenters. The molecule has 12 heteroatoms. The molecular formula is C17H14ClFN4O3S3. The smallest absolute Gasteiger partial charge is 0.286 e. The van der Waals surface area contributed by atoms with Gasteiger partial charge in [0.05, 0.1) is 16.1 Å². The van der Waals surface area contributed by atoms with Crippen LogP contribution in [0.2, 0.25) is 4.34 Å². The topological polar surface area (TPSA) is 92.3 Å². The summed E-state index contributed by atoms with van der Waals surface area (Å²) in [5.41, 5.74) is 0.0360. The van der Waals surface area contributed by atoms with Crippen LogP contribution in [0, 0.1) is 5.82 Å². The van der Waals surface area contributed by atoms with Gasteiger partial charge >= 0.3 is 0 Å². The molecule has 1 aliphatic rings. The van der Waals surface area contributed by atoms with Crippen LogP contribution in [-0.4, -0.2) is 35.4 Å². The Balaban J connectivity index is 1.55. The lowest BCUT2D eigenvalue weighted by Gasteiger charge is -2.21. The molecule has 0 saturated carbocycles. The minimum absolute atomic E-state index is 0.0340. The van der Waals surface area contributed by atoms with E-state index in [0.717, 1.165) is 22.7 Å². The summed E-state index contributed by atoms with van der Waals surface area (Å²) in [5.74, 6) is -1.16. The number of nitrogens with one attached hydrogen (secondary N) is 1. The Labute approximate surface area is 179 Å². The van der Waals surface area contributed by atoms with E-state index in [9.17, 15) is 17.6 Å². The molecule has 3 heterocycles. The molecule has 1 amide bonds. The highest BCUT2D eigenvalue weighted by molar-refractivity contribution is 7.91. The van der Waals surface area contributed by atoms with Gasteiger partial charge < -0.3 is 5.32 Å². The van der Waals surface area contributed by atoms with E-state index >= 15 is 0 Å². The fourth-order valence-corrected chi connectivity index (χ4v) is 7.25. The van der Waals surface area contributed by atoms with Crippen LogP contribution in [0.1, 0.15) is 33.7 Å². The Morgan fingerprint density at radius 3 is 2.72 bits per heavy atom. The third-order valence-corrected chi connectivity index (χ3v) is 8.99. The number of carbonyl (C=O) groups is 1. The van der Waals surface area contributed by atoms with Crippen molar-refractivity contribution in [2.24, 2.45) is 0 Å². The summed E-state index contributed by atoms with van der Waals surface area (Å²) < 4.78 is 41.6. The highest BCUT2D eigenvalue weighted by Crippen LogP contribution is 2.39. The number of halogens is 2. The van der Waals surface area contributed by atoms with Gasteiger partial charge in [-0.1, -0.05) is 35.1 Å². The molecule has 0 aliphatic carbocycles. The van der Waals surface area contributed by atoms with Crippen molar-refractivity contribution >= 4 is 55.9 Å². The normalized spacial score (nSPS) is 17.5. The van der Waals surface area contributed by atoms with E-state index in [4.69, 9.17) is 11.6 Å². The van der Waals surface area contributed by atoms with Gasteiger partial charge in [0, 0.05) is 6.54 Å². The minimum atomic E-state index is -3.72. The third-order valence-electron chi connectivity index (χ3n) is 4.36. The molecule has 1 atom stereocenters. The molecule has 0 spiro atoms. The molecule has 152 valence electrons. The number of hydrogen-bond acceptors (Lipinski definition) is 7. The zero-order valence-corrected chi connectivity index (χ0v) is 17.9. The van der Waals surface area contributed by atoms with Gasteiger partial charge in [-0.25, -0.2) is 12.8 Å². The molecular weight excluding hydrogens is 459 g/mol. The van der Waals surface area contributed by atoms with Crippen LogP contribution in [0.15, 0.2) is 40.6 Å². The molecule has 0 radical (unpaired) electrons. The molecule has 3 aromatic rings. The molecule has 1 fully saturated rings. The van der Waals surface area contributed by atoms with Crippen molar-refractivity contribution in [2.45, 2.75) is 23.1 Å². The summed E-state index contributed by atoms with van der Waals surface area (Å²) in [6.07, 6.45) is 1.24. The van der Waals surface area contributed by atoms with Gasteiger partial charge in [0.25, 0.3) is 15.9 Å². The molecule has 1 aliphatic heterocycles. The van der Waals surface area contributed by atoms with Gasteiger partial charge in [-0.2, -0.15) is 4.31 Å². The number of para-hydroxylation sites is 1. The second-order valence-corrected chi connectivity index (χ2v) is 11.1. The van der Waals surface area contributed by atoms with Gasteiger partial charge in [-0.3, -0.25) is 4.79 Å². The van der Waals surface area contributed by atoms with E-state index in [-0.39, 0.29) is 14.9 Å². The first-order chi connectivity index (χ1) is 13.9. The number of carbonyl (C=O) groups excluding carboxylic acids is 1. The number of amides is 1. The number of aromatic nitrogens is 2. The Hall–Kier alpha value is -1.92. The largest absolute Gasteiger partial charge is 0.317 e. The first kappa shape index (κ1) is 20.4. The standard InChI is InChI=1S/C17H14ClFN4O3S3/c18-13-7-8-14(27-13)29(25,26)23-9-3-6-12(23)16-21-22-17(28-16)15(24)20-11-5-2-1-4-10(11)19/h1-2,4-5,7-8,12H,3,6,9H2,(H,20,24). The van der Waals surface area contributed by atoms with Crippen molar-refractivity contribution in [3.63, 3.8) is 0 Å². The SMILES string of the molecule is O=C(Nc1ccccc1F)c1nnc(C2CCCN2S(=O)(=O)c2ccc(Cl)s2)s1. The van der Waals surface area contributed by atoms with Crippen molar-refractivity contribution < 1.29 is 17.6 Å². The molecule has 29 heavy (non-hydrogen) atoms. The van der Waals surface area contributed by atoms with Crippen molar-refractivity contribution in [3.05, 3.63) is 56.6 Å². The highest BCUT2D eigenvalue weighted by Gasteiger charge is 2.39. The highest BCUT2D eigenvalue weighted by atomic mass is 35.5. The van der Waals surface area contributed by atoms with Gasteiger partial charge in [0.2, 0.25) is 5.01 Å². The Kier molecular flexibility index (Phi) is 5.67. The lowest BCUT2D eigenvalue weighted by Crippen LogP contribution is -2.30. The Bertz CT molecular complexity index is 1160. The average molecular weight is 473 g/mol. The van der Waals surface area contributed by atoms with Crippen molar-refractivity contribution in [2.75, 3.05) is 11.9 Å². The number of thiophene rings is 1. The molecule has 0 bridgehead atoms. The number of sulfonamides is 1. The van der Waals surface area contributed by atoms with Crippen LogP contribution in [0.4, 0.5) is 10.1 Å². The maximum absolute atomic E-state index is 13.7. The van der Waals surface area contributed by atoms with Crippen molar-refractivity contribution in [3.8, 4) is 0 Å². The molecule has 7 nitrogen and oxygen atoms in total. The van der Waals surface area contributed by atoms with Crippen LogP contribution >= 0.6 is 34.3 Å². The van der Waals surface area contributed by atoms with Crippen molar-refractivity contribution in [1.82, 2.24) is 14.5 Å². The molecule has 1 aromatic carbocycles. The van der Waals surface area contributed by atoms with Gasteiger partial charge in [0.15, 0.2) is 0 Å². The maximum Gasteiger partial charge on any atom is 0.286 e. The lowest BCUT2D eigenvalue weighted by molar-refractivity contribution is 0.102.